The smallest absolute Gasteiger partial charge is 0.138 e. The van der Waals surface area contributed by atoms with E-state index >= 15 is 0 Å². The molecule has 2 aromatic heterocycles. The van der Waals surface area contributed by atoms with E-state index in [2.05, 4.69) is 57.3 Å². The Bertz CT molecular complexity index is 1340. The fourth-order valence-corrected chi connectivity index (χ4v) is 4.39. The Morgan fingerprint density at radius 2 is 1.03 bits per heavy atom. The highest BCUT2D eigenvalue weighted by molar-refractivity contribution is 6.01. The Labute approximate surface area is 188 Å². The first kappa shape index (κ1) is 20.1. The van der Waals surface area contributed by atoms with Crippen LogP contribution in [0.3, 0.4) is 0 Å². The van der Waals surface area contributed by atoms with Crippen LogP contribution in [0.1, 0.15) is 25.0 Å². The van der Waals surface area contributed by atoms with Crippen molar-refractivity contribution in [2.24, 2.45) is 0 Å². The molecule has 0 atom stereocenters. The van der Waals surface area contributed by atoms with Gasteiger partial charge in [-0.2, -0.15) is 0 Å². The Morgan fingerprint density at radius 3 is 1.41 bits per heavy atom. The molecule has 0 saturated carbocycles. The minimum atomic E-state index is 0.766. The summed E-state index contributed by atoms with van der Waals surface area (Å²) in [6, 6.07) is 24.8. The second-order valence-corrected chi connectivity index (χ2v) is 8.66. The number of rotatable bonds is 6. The zero-order chi connectivity index (χ0) is 22.2. The van der Waals surface area contributed by atoms with Gasteiger partial charge in [0, 0.05) is 39.1 Å². The van der Waals surface area contributed by atoms with Crippen LogP contribution in [0, 0.1) is 0 Å². The van der Waals surface area contributed by atoms with E-state index in [1.54, 1.807) is 0 Å². The summed E-state index contributed by atoms with van der Waals surface area (Å²) in [5, 5.41) is 2.23. The SMILES string of the molecule is C=C(C)Cc1c(-c2ccccc2)oc2cc3oc(-c4ccccc4)c(CC(=C)C)c3cc12. The largest absolute Gasteiger partial charge is 0.456 e. The first-order valence-electron chi connectivity index (χ1n) is 10.9. The molecule has 2 heterocycles. The van der Waals surface area contributed by atoms with Crippen molar-refractivity contribution in [1.82, 2.24) is 0 Å². The van der Waals surface area contributed by atoms with Gasteiger partial charge >= 0.3 is 0 Å². The summed E-state index contributed by atoms with van der Waals surface area (Å²) in [5.74, 6) is 1.81. The molecule has 0 saturated heterocycles. The summed E-state index contributed by atoms with van der Waals surface area (Å²) >= 11 is 0. The number of allylic oxidation sites excluding steroid dienone is 2. The first-order chi connectivity index (χ1) is 15.5. The molecule has 2 nitrogen and oxygen atoms in total. The van der Waals surface area contributed by atoms with Crippen molar-refractivity contribution in [1.29, 1.82) is 0 Å². The molecule has 0 spiro atoms. The molecule has 0 fully saturated rings. The molecular weight excluding hydrogens is 392 g/mol. The molecule has 5 rings (SSSR count). The second-order valence-electron chi connectivity index (χ2n) is 8.66. The molecule has 5 aromatic rings. The summed E-state index contributed by atoms with van der Waals surface area (Å²) in [5.41, 5.74) is 8.36. The highest BCUT2D eigenvalue weighted by atomic mass is 16.3. The lowest BCUT2D eigenvalue weighted by Crippen LogP contribution is -1.89. The molecule has 0 aliphatic heterocycles. The second kappa shape index (κ2) is 8.05. The average molecular weight is 419 g/mol. The van der Waals surface area contributed by atoms with Crippen LogP contribution in [0.4, 0.5) is 0 Å². The molecule has 0 amide bonds. The molecule has 0 N–H and O–H groups in total. The van der Waals surface area contributed by atoms with Crippen LogP contribution in [0.15, 0.2) is 106 Å². The zero-order valence-electron chi connectivity index (χ0n) is 18.6. The van der Waals surface area contributed by atoms with Crippen LogP contribution in [0.2, 0.25) is 0 Å². The first-order valence-corrected chi connectivity index (χ1v) is 10.9. The molecule has 0 radical (unpaired) electrons. The highest BCUT2D eigenvalue weighted by Crippen LogP contribution is 2.41. The van der Waals surface area contributed by atoms with Crippen molar-refractivity contribution in [3.05, 3.63) is 108 Å². The summed E-state index contributed by atoms with van der Waals surface area (Å²) in [7, 11) is 0. The number of furan rings is 2. The third-order valence-corrected chi connectivity index (χ3v) is 5.73. The standard InChI is InChI=1S/C30H26O2/c1-19(2)15-25-23-17-24-26(16-20(3)4)30(22-13-9-6-10-14-22)32-28(24)18-27(23)31-29(25)21-11-7-5-8-12-21/h5-14,17-18H,1,3,15-16H2,2,4H3. The van der Waals surface area contributed by atoms with E-state index in [1.807, 2.05) is 42.5 Å². The van der Waals surface area contributed by atoms with Gasteiger partial charge in [0.2, 0.25) is 0 Å². The van der Waals surface area contributed by atoms with Crippen molar-refractivity contribution in [3.8, 4) is 22.6 Å². The number of fused-ring (bicyclic) bond motifs is 2. The Balaban J connectivity index is 1.80. The summed E-state index contributed by atoms with van der Waals surface area (Å²) in [6.45, 7) is 12.4. The Morgan fingerprint density at radius 1 is 0.625 bits per heavy atom. The van der Waals surface area contributed by atoms with Crippen LogP contribution >= 0.6 is 0 Å². The third kappa shape index (κ3) is 3.58. The lowest BCUT2D eigenvalue weighted by atomic mass is 9.96. The number of benzene rings is 3. The maximum atomic E-state index is 6.41. The molecule has 158 valence electrons. The van der Waals surface area contributed by atoms with Gasteiger partial charge in [-0.3, -0.25) is 0 Å². The average Bonchev–Trinajstić information content (AvgIpc) is 3.31. The Hall–Kier alpha value is -3.78. The van der Waals surface area contributed by atoms with E-state index in [0.717, 1.165) is 68.6 Å². The monoisotopic (exact) mass is 418 g/mol. The fraction of sp³-hybridized carbons (Fsp3) is 0.133. The van der Waals surface area contributed by atoms with Crippen molar-refractivity contribution in [3.63, 3.8) is 0 Å². The van der Waals surface area contributed by atoms with Gasteiger partial charge in [0.15, 0.2) is 0 Å². The summed E-state index contributed by atoms with van der Waals surface area (Å²) < 4.78 is 12.8. The van der Waals surface area contributed by atoms with Crippen LogP contribution in [-0.4, -0.2) is 0 Å². The molecular formula is C30H26O2. The van der Waals surface area contributed by atoms with E-state index in [1.165, 1.54) is 11.1 Å². The van der Waals surface area contributed by atoms with Gasteiger partial charge < -0.3 is 8.83 Å². The minimum Gasteiger partial charge on any atom is -0.456 e. The maximum absolute atomic E-state index is 6.41. The quantitative estimate of drug-likeness (QED) is 0.258. The van der Waals surface area contributed by atoms with Crippen LogP contribution < -0.4 is 0 Å². The van der Waals surface area contributed by atoms with Gasteiger partial charge in [-0.15, -0.1) is 0 Å². The van der Waals surface area contributed by atoms with E-state index in [9.17, 15) is 0 Å². The van der Waals surface area contributed by atoms with E-state index < -0.39 is 0 Å². The maximum Gasteiger partial charge on any atom is 0.138 e. The number of hydrogen-bond acceptors (Lipinski definition) is 2. The van der Waals surface area contributed by atoms with Gasteiger partial charge in [-0.05, 0) is 32.8 Å². The van der Waals surface area contributed by atoms with Gasteiger partial charge in [-0.25, -0.2) is 0 Å². The Kier molecular flexibility index (Phi) is 5.07. The van der Waals surface area contributed by atoms with Crippen molar-refractivity contribution >= 4 is 21.9 Å². The lowest BCUT2D eigenvalue weighted by Gasteiger charge is -2.04. The molecule has 3 aromatic carbocycles. The number of hydrogen-bond donors (Lipinski definition) is 0. The predicted octanol–water partition coefficient (Wildman–Crippen LogP) is 8.75. The predicted molar refractivity (Wildman–Crippen MR) is 134 cm³/mol. The third-order valence-electron chi connectivity index (χ3n) is 5.73. The van der Waals surface area contributed by atoms with Crippen molar-refractivity contribution < 1.29 is 8.83 Å². The normalized spacial score (nSPS) is 11.3. The van der Waals surface area contributed by atoms with Crippen LogP contribution in [0.5, 0.6) is 0 Å². The van der Waals surface area contributed by atoms with Crippen molar-refractivity contribution in [2.75, 3.05) is 0 Å². The molecule has 0 aliphatic rings. The van der Waals surface area contributed by atoms with Crippen LogP contribution in [0.25, 0.3) is 44.6 Å². The van der Waals surface area contributed by atoms with Gasteiger partial charge in [0.25, 0.3) is 0 Å². The molecule has 0 bridgehead atoms. The van der Waals surface area contributed by atoms with E-state index in [4.69, 9.17) is 8.83 Å². The molecule has 2 heteroatoms. The summed E-state index contributed by atoms with van der Waals surface area (Å²) in [4.78, 5) is 0. The molecule has 32 heavy (non-hydrogen) atoms. The molecule has 0 unspecified atom stereocenters. The van der Waals surface area contributed by atoms with E-state index in [-0.39, 0.29) is 0 Å². The topological polar surface area (TPSA) is 26.3 Å². The lowest BCUT2D eigenvalue weighted by molar-refractivity contribution is 0.616. The fourth-order valence-electron chi connectivity index (χ4n) is 4.39. The van der Waals surface area contributed by atoms with Gasteiger partial charge in [0.05, 0.1) is 0 Å². The zero-order valence-corrected chi connectivity index (χ0v) is 18.6. The van der Waals surface area contributed by atoms with Crippen molar-refractivity contribution in [2.45, 2.75) is 26.7 Å². The highest BCUT2D eigenvalue weighted by Gasteiger charge is 2.21. The minimum absolute atomic E-state index is 0.766. The van der Waals surface area contributed by atoms with Gasteiger partial charge in [-0.1, -0.05) is 85.0 Å². The van der Waals surface area contributed by atoms with E-state index in [0.29, 0.717) is 0 Å². The van der Waals surface area contributed by atoms with Gasteiger partial charge in [0.1, 0.15) is 22.7 Å². The molecule has 0 aliphatic carbocycles. The van der Waals surface area contributed by atoms with Crippen LogP contribution in [-0.2, 0) is 12.8 Å². The summed E-state index contributed by atoms with van der Waals surface area (Å²) in [6.07, 6.45) is 1.53.